The second kappa shape index (κ2) is 5.92. The first-order chi connectivity index (χ1) is 11.4. The monoisotopic (exact) mass is 325 g/mol. The Hall–Kier alpha value is -2.96. The van der Waals surface area contributed by atoms with E-state index in [0.29, 0.717) is 17.7 Å². The maximum Gasteiger partial charge on any atom is 0.277 e. The summed E-state index contributed by atoms with van der Waals surface area (Å²) in [6.45, 7) is 6.39. The molecule has 0 bridgehead atoms. The van der Waals surface area contributed by atoms with Crippen molar-refractivity contribution in [2.45, 2.75) is 27.3 Å². The summed E-state index contributed by atoms with van der Waals surface area (Å²) in [5.74, 6) is 0.649. The average Bonchev–Trinajstić information content (AvgIpc) is 2.77. The Morgan fingerprint density at radius 1 is 1.25 bits per heavy atom. The van der Waals surface area contributed by atoms with E-state index in [1.54, 1.807) is 12.1 Å². The number of non-ortho nitro benzene ring substituents is 1. The van der Waals surface area contributed by atoms with Crippen molar-refractivity contribution in [3.63, 3.8) is 0 Å². The van der Waals surface area contributed by atoms with Gasteiger partial charge in [-0.1, -0.05) is 12.1 Å². The van der Waals surface area contributed by atoms with Gasteiger partial charge in [-0.25, -0.2) is 4.98 Å². The van der Waals surface area contributed by atoms with E-state index in [1.165, 1.54) is 6.07 Å². The molecule has 1 N–H and O–H groups in total. The molecule has 0 radical (unpaired) electrons. The fraction of sp³-hybridized carbons (Fsp3) is 0.294. The quantitative estimate of drug-likeness (QED) is 0.587. The van der Waals surface area contributed by atoms with Crippen LogP contribution in [0.4, 0.5) is 11.5 Å². The summed E-state index contributed by atoms with van der Waals surface area (Å²) >= 11 is 0. The topological polar surface area (TPSA) is 85.9 Å². The molecule has 0 aliphatic carbocycles. The molecule has 7 nitrogen and oxygen atoms in total. The summed E-state index contributed by atoms with van der Waals surface area (Å²) in [4.78, 5) is 15.4. The number of fused-ring (bicyclic) bond motifs is 1. The number of aryl methyl sites for hydroxylation is 3. The van der Waals surface area contributed by atoms with E-state index in [9.17, 15) is 10.1 Å². The maximum absolute atomic E-state index is 11.3. The molecular formula is C17H19N5O2. The molecule has 0 amide bonds. The van der Waals surface area contributed by atoms with E-state index in [1.807, 2.05) is 38.6 Å². The lowest BCUT2D eigenvalue weighted by Crippen LogP contribution is -2.05. The minimum Gasteiger partial charge on any atom is -0.365 e. The van der Waals surface area contributed by atoms with E-state index in [2.05, 4.69) is 15.4 Å². The highest BCUT2D eigenvalue weighted by molar-refractivity contribution is 5.98. The van der Waals surface area contributed by atoms with Crippen molar-refractivity contribution in [3.05, 3.63) is 57.0 Å². The number of nitrogens with one attached hydrogen (secondary N) is 1. The van der Waals surface area contributed by atoms with Crippen LogP contribution in [0.3, 0.4) is 0 Å². The van der Waals surface area contributed by atoms with Gasteiger partial charge in [0, 0.05) is 42.0 Å². The molecule has 0 atom stereocenters. The smallest absolute Gasteiger partial charge is 0.277 e. The summed E-state index contributed by atoms with van der Waals surface area (Å²) in [5, 5.41) is 20.3. The second-order valence-electron chi connectivity index (χ2n) is 5.87. The largest absolute Gasteiger partial charge is 0.365 e. The Labute approximate surface area is 139 Å². The SMILES string of the molecule is Cc1cc2c([N+](=O)[O-])cccc2c(NCc2c(C)nn(C)c2C)n1. The Kier molecular flexibility index (Phi) is 3.92. The highest BCUT2D eigenvalue weighted by Crippen LogP contribution is 2.30. The van der Waals surface area contributed by atoms with Crippen LogP contribution in [0.25, 0.3) is 10.8 Å². The summed E-state index contributed by atoms with van der Waals surface area (Å²) < 4.78 is 1.85. The lowest BCUT2D eigenvalue weighted by molar-refractivity contribution is -0.383. The molecule has 24 heavy (non-hydrogen) atoms. The maximum atomic E-state index is 11.3. The van der Waals surface area contributed by atoms with E-state index in [-0.39, 0.29) is 10.6 Å². The molecule has 2 heterocycles. The number of pyridine rings is 1. The third-order valence-electron chi connectivity index (χ3n) is 4.27. The molecule has 3 rings (SSSR count). The fourth-order valence-corrected chi connectivity index (χ4v) is 2.93. The first kappa shape index (κ1) is 15.9. The van der Waals surface area contributed by atoms with Gasteiger partial charge in [-0.15, -0.1) is 0 Å². The molecule has 2 aromatic heterocycles. The summed E-state index contributed by atoms with van der Waals surface area (Å²) in [6.07, 6.45) is 0. The second-order valence-corrected chi connectivity index (χ2v) is 5.87. The molecule has 0 spiro atoms. The number of hydrogen-bond donors (Lipinski definition) is 1. The Bertz CT molecular complexity index is 946. The Morgan fingerprint density at radius 3 is 2.62 bits per heavy atom. The van der Waals surface area contributed by atoms with Crippen molar-refractivity contribution < 1.29 is 4.92 Å². The van der Waals surface area contributed by atoms with Gasteiger partial charge in [0.25, 0.3) is 5.69 Å². The third-order valence-corrected chi connectivity index (χ3v) is 4.27. The van der Waals surface area contributed by atoms with E-state index in [0.717, 1.165) is 28.0 Å². The van der Waals surface area contributed by atoms with Crippen LogP contribution in [0.2, 0.25) is 0 Å². The van der Waals surface area contributed by atoms with Gasteiger partial charge in [-0.05, 0) is 26.8 Å². The number of aromatic nitrogens is 3. The molecule has 124 valence electrons. The molecule has 7 heteroatoms. The van der Waals surface area contributed by atoms with Crippen molar-refractivity contribution >= 4 is 22.3 Å². The lowest BCUT2D eigenvalue weighted by Gasteiger charge is -2.11. The number of hydrogen-bond acceptors (Lipinski definition) is 5. The lowest BCUT2D eigenvalue weighted by atomic mass is 10.1. The summed E-state index contributed by atoms with van der Waals surface area (Å²) in [6, 6.07) is 6.80. The van der Waals surface area contributed by atoms with Crippen molar-refractivity contribution in [2.24, 2.45) is 7.05 Å². The van der Waals surface area contributed by atoms with Crippen LogP contribution in [0.1, 0.15) is 22.6 Å². The zero-order valence-corrected chi connectivity index (χ0v) is 14.1. The number of anilines is 1. The third kappa shape index (κ3) is 2.68. The summed E-state index contributed by atoms with van der Waals surface area (Å²) in [5.41, 5.74) is 3.99. The number of nitro groups is 1. The highest BCUT2D eigenvalue weighted by atomic mass is 16.6. The van der Waals surface area contributed by atoms with Crippen LogP contribution in [0.15, 0.2) is 24.3 Å². The minimum atomic E-state index is -0.360. The zero-order chi connectivity index (χ0) is 17.4. The first-order valence-electron chi connectivity index (χ1n) is 7.66. The van der Waals surface area contributed by atoms with Gasteiger partial charge in [0.2, 0.25) is 0 Å². The van der Waals surface area contributed by atoms with Gasteiger partial charge in [0.05, 0.1) is 16.0 Å². The van der Waals surface area contributed by atoms with E-state index in [4.69, 9.17) is 0 Å². The van der Waals surface area contributed by atoms with Gasteiger partial charge >= 0.3 is 0 Å². The number of nitro benzene ring substituents is 1. The van der Waals surface area contributed by atoms with Gasteiger partial charge in [0.1, 0.15) is 5.82 Å². The number of rotatable bonds is 4. The fourth-order valence-electron chi connectivity index (χ4n) is 2.93. The number of nitrogens with zero attached hydrogens (tertiary/aromatic N) is 4. The minimum absolute atomic E-state index is 0.0924. The van der Waals surface area contributed by atoms with Gasteiger partial charge in [-0.3, -0.25) is 14.8 Å². The molecule has 0 aliphatic heterocycles. The normalized spacial score (nSPS) is 11.0. The predicted molar refractivity (Wildman–Crippen MR) is 93.1 cm³/mol. The average molecular weight is 325 g/mol. The zero-order valence-electron chi connectivity index (χ0n) is 14.1. The number of benzene rings is 1. The van der Waals surface area contributed by atoms with Crippen molar-refractivity contribution in [1.29, 1.82) is 0 Å². The van der Waals surface area contributed by atoms with Gasteiger partial charge in [-0.2, -0.15) is 5.10 Å². The van der Waals surface area contributed by atoms with Crippen LogP contribution in [0.5, 0.6) is 0 Å². The molecule has 0 unspecified atom stereocenters. The van der Waals surface area contributed by atoms with Crippen LogP contribution in [0, 0.1) is 30.9 Å². The molecule has 0 saturated carbocycles. The molecular weight excluding hydrogens is 306 g/mol. The predicted octanol–water partition coefficient (Wildman–Crippen LogP) is 3.41. The van der Waals surface area contributed by atoms with Crippen LogP contribution in [-0.4, -0.2) is 19.7 Å². The molecule has 0 saturated heterocycles. The van der Waals surface area contributed by atoms with Crippen LogP contribution >= 0.6 is 0 Å². The molecule has 0 fully saturated rings. The standard InChI is InChI=1S/C17H19N5O2/c1-10-8-14-13(6-5-7-16(14)22(23)24)17(19-10)18-9-15-11(2)20-21(4)12(15)3/h5-8H,9H2,1-4H3,(H,18,19). The van der Waals surface area contributed by atoms with Crippen LogP contribution < -0.4 is 5.32 Å². The van der Waals surface area contributed by atoms with E-state index >= 15 is 0 Å². The summed E-state index contributed by atoms with van der Waals surface area (Å²) in [7, 11) is 1.91. The molecule has 3 aromatic rings. The van der Waals surface area contributed by atoms with Gasteiger partial charge < -0.3 is 5.32 Å². The van der Waals surface area contributed by atoms with E-state index < -0.39 is 0 Å². The molecule has 0 aliphatic rings. The Balaban J connectivity index is 2.03. The highest BCUT2D eigenvalue weighted by Gasteiger charge is 2.16. The molecule has 1 aromatic carbocycles. The van der Waals surface area contributed by atoms with Crippen molar-refractivity contribution in [3.8, 4) is 0 Å². The van der Waals surface area contributed by atoms with Crippen molar-refractivity contribution in [2.75, 3.05) is 5.32 Å². The van der Waals surface area contributed by atoms with Crippen molar-refractivity contribution in [1.82, 2.24) is 14.8 Å². The first-order valence-corrected chi connectivity index (χ1v) is 7.66. The van der Waals surface area contributed by atoms with Gasteiger partial charge in [0.15, 0.2) is 0 Å². The Morgan fingerprint density at radius 2 is 2.00 bits per heavy atom. The van der Waals surface area contributed by atoms with Crippen LogP contribution in [-0.2, 0) is 13.6 Å².